The molecule has 1 saturated heterocycles. The minimum Gasteiger partial charge on any atom is -0.314 e. The summed E-state index contributed by atoms with van der Waals surface area (Å²) in [4.78, 5) is 44.6. The molecule has 3 heterocycles. The summed E-state index contributed by atoms with van der Waals surface area (Å²) in [6.07, 6.45) is 0. The highest BCUT2D eigenvalue weighted by molar-refractivity contribution is 7.20. The first-order valence-corrected chi connectivity index (χ1v) is 11.4. The molecule has 1 aliphatic rings. The van der Waals surface area contributed by atoms with Gasteiger partial charge in [-0.2, -0.15) is 5.01 Å². The topological polar surface area (TPSA) is 91.4 Å². The highest BCUT2D eigenvalue weighted by atomic mass is 32.1. The number of hydrogen-bond donors (Lipinski definition) is 2. The summed E-state index contributed by atoms with van der Waals surface area (Å²) < 4.78 is 0. The number of aromatic nitrogens is 1. The van der Waals surface area contributed by atoms with Crippen LogP contribution in [0.3, 0.4) is 0 Å². The molecule has 2 aromatic heterocycles. The normalized spacial score (nSPS) is 14.9. The van der Waals surface area contributed by atoms with Crippen LogP contribution in [-0.4, -0.2) is 27.8 Å². The lowest BCUT2D eigenvalue weighted by Crippen LogP contribution is -2.49. The van der Waals surface area contributed by atoms with E-state index < -0.39 is 23.4 Å². The van der Waals surface area contributed by atoms with Gasteiger partial charge in [0.25, 0.3) is 11.8 Å². The van der Waals surface area contributed by atoms with Crippen molar-refractivity contribution in [2.24, 2.45) is 0 Å². The summed E-state index contributed by atoms with van der Waals surface area (Å²) in [6.45, 7) is 0. The summed E-state index contributed by atoms with van der Waals surface area (Å²) in [5.41, 5.74) is 2.30. The Morgan fingerprint density at radius 3 is 2.16 bits per heavy atom. The van der Waals surface area contributed by atoms with Crippen molar-refractivity contribution >= 4 is 40.5 Å². The zero-order valence-electron chi connectivity index (χ0n) is 16.5. The monoisotopic (exact) mass is 460 g/mol. The van der Waals surface area contributed by atoms with Gasteiger partial charge in [0.15, 0.2) is 5.54 Å². The van der Waals surface area contributed by atoms with E-state index >= 15 is 0 Å². The fraction of sp³-hybridized carbons (Fsp3) is 0.0435. The van der Waals surface area contributed by atoms with Gasteiger partial charge in [-0.3, -0.25) is 15.0 Å². The van der Waals surface area contributed by atoms with E-state index in [1.54, 1.807) is 53.9 Å². The van der Waals surface area contributed by atoms with Gasteiger partial charge in [0.2, 0.25) is 0 Å². The highest BCUT2D eigenvalue weighted by Crippen LogP contribution is 2.35. The minimum absolute atomic E-state index is 0.135. The summed E-state index contributed by atoms with van der Waals surface area (Å²) >= 11 is 2.84. The number of rotatable bonds is 5. The molecule has 1 fully saturated rings. The van der Waals surface area contributed by atoms with E-state index in [4.69, 9.17) is 0 Å². The van der Waals surface area contributed by atoms with Gasteiger partial charge in [-0.15, -0.1) is 22.7 Å². The molecule has 2 aromatic carbocycles. The molecule has 0 unspecified atom stereocenters. The lowest BCUT2D eigenvalue weighted by molar-refractivity contribution is -0.131. The SMILES string of the molecule is O=C(NN1C(=O)NC(c2ccccc2)(c2ccccc2)C1=O)c1csc(-c2cccs2)n1. The maximum Gasteiger partial charge on any atom is 0.344 e. The number of urea groups is 1. The van der Waals surface area contributed by atoms with Crippen LogP contribution in [0.1, 0.15) is 21.6 Å². The van der Waals surface area contributed by atoms with Crippen molar-refractivity contribution in [2.45, 2.75) is 5.54 Å². The van der Waals surface area contributed by atoms with Crippen LogP contribution in [0.15, 0.2) is 83.6 Å². The number of hydrogen-bond acceptors (Lipinski definition) is 6. The zero-order valence-corrected chi connectivity index (χ0v) is 18.2. The molecule has 9 heteroatoms. The Morgan fingerprint density at radius 2 is 1.56 bits per heavy atom. The Morgan fingerprint density at radius 1 is 0.906 bits per heavy atom. The fourth-order valence-corrected chi connectivity index (χ4v) is 5.23. The molecule has 5 rings (SSSR count). The van der Waals surface area contributed by atoms with Gasteiger partial charge in [0, 0.05) is 5.38 Å². The number of hydrazine groups is 1. The molecule has 0 saturated carbocycles. The molecule has 0 spiro atoms. The fourth-order valence-electron chi connectivity index (χ4n) is 3.62. The number of carbonyl (C=O) groups excluding carboxylic acids is 3. The van der Waals surface area contributed by atoms with E-state index in [1.165, 1.54) is 22.7 Å². The number of amides is 4. The third-order valence-corrected chi connectivity index (χ3v) is 7.00. The summed E-state index contributed by atoms with van der Waals surface area (Å²) in [6, 6.07) is 21.0. The van der Waals surface area contributed by atoms with Gasteiger partial charge in [0.1, 0.15) is 10.7 Å². The van der Waals surface area contributed by atoms with Gasteiger partial charge in [0.05, 0.1) is 4.88 Å². The minimum atomic E-state index is -1.45. The van der Waals surface area contributed by atoms with Gasteiger partial charge >= 0.3 is 6.03 Å². The molecule has 4 aromatic rings. The van der Waals surface area contributed by atoms with E-state index in [0.29, 0.717) is 16.1 Å². The number of carbonyl (C=O) groups is 3. The quantitative estimate of drug-likeness (QED) is 0.440. The van der Waals surface area contributed by atoms with E-state index in [-0.39, 0.29) is 5.69 Å². The summed E-state index contributed by atoms with van der Waals surface area (Å²) in [5, 5.41) is 7.75. The molecule has 1 aliphatic heterocycles. The number of thiazole rings is 1. The van der Waals surface area contributed by atoms with Gasteiger partial charge in [-0.05, 0) is 22.6 Å². The Balaban J connectivity index is 1.47. The maximum atomic E-state index is 13.6. The standard InChI is InChI=1S/C23H16N4O3S2/c28-19(17-14-32-20(24-17)18-12-7-13-31-18)26-27-21(29)23(25-22(27)30,15-8-3-1-4-9-15)16-10-5-2-6-11-16/h1-14H,(H,25,30)(H,26,28). The molecule has 0 radical (unpaired) electrons. The number of imide groups is 1. The number of thiophene rings is 1. The van der Waals surface area contributed by atoms with Crippen LogP contribution >= 0.6 is 22.7 Å². The Bertz CT molecular complexity index is 1250. The highest BCUT2D eigenvalue weighted by Gasteiger charge is 2.54. The number of nitrogens with one attached hydrogen (secondary N) is 2. The first-order chi connectivity index (χ1) is 15.6. The largest absolute Gasteiger partial charge is 0.344 e. The van der Waals surface area contributed by atoms with Crippen molar-refractivity contribution in [3.8, 4) is 9.88 Å². The second-order valence-corrected chi connectivity index (χ2v) is 8.81. The number of benzene rings is 2. The lowest BCUT2D eigenvalue weighted by atomic mass is 9.83. The predicted octanol–water partition coefficient (Wildman–Crippen LogP) is 4.01. The van der Waals surface area contributed by atoms with Crippen LogP contribution in [0.25, 0.3) is 9.88 Å². The van der Waals surface area contributed by atoms with Crippen molar-refractivity contribution in [1.29, 1.82) is 0 Å². The van der Waals surface area contributed by atoms with E-state index in [0.717, 1.165) is 9.89 Å². The molecule has 32 heavy (non-hydrogen) atoms. The molecule has 7 nitrogen and oxygen atoms in total. The van der Waals surface area contributed by atoms with Crippen molar-refractivity contribution in [2.75, 3.05) is 0 Å². The summed E-state index contributed by atoms with van der Waals surface area (Å²) in [5.74, 6) is -1.23. The molecule has 4 amide bonds. The third kappa shape index (κ3) is 3.28. The van der Waals surface area contributed by atoms with Crippen molar-refractivity contribution in [3.63, 3.8) is 0 Å². The smallest absolute Gasteiger partial charge is 0.314 e. The first kappa shape index (κ1) is 20.1. The van der Waals surface area contributed by atoms with Crippen molar-refractivity contribution < 1.29 is 14.4 Å². The number of nitrogens with zero attached hydrogens (tertiary/aromatic N) is 2. The van der Waals surface area contributed by atoms with E-state index in [1.807, 2.05) is 29.6 Å². The second-order valence-electron chi connectivity index (χ2n) is 7.01. The van der Waals surface area contributed by atoms with E-state index in [9.17, 15) is 14.4 Å². The molecule has 0 bridgehead atoms. The average molecular weight is 461 g/mol. The third-order valence-electron chi connectivity index (χ3n) is 5.12. The van der Waals surface area contributed by atoms with Crippen LogP contribution in [0.5, 0.6) is 0 Å². The van der Waals surface area contributed by atoms with Crippen molar-refractivity contribution in [3.05, 3.63) is 100 Å². The van der Waals surface area contributed by atoms with Crippen LogP contribution in [0, 0.1) is 0 Å². The Labute approximate surface area is 191 Å². The van der Waals surface area contributed by atoms with Crippen molar-refractivity contribution in [1.82, 2.24) is 20.7 Å². The van der Waals surface area contributed by atoms with Gasteiger partial charge in [-0.25, -0.2) is 9.78 Å². The first-order valence-electron chi connectivity index (χ1n) is 9.68. The van der Waals surface area contributed by atoms with Crippen LogP contribution < -0.4 is 10.7 Å². The Hall–Kier alpha value is -3.82. The predicted molar refractivity (Wildman–Crippen MR) is 122 cm³/mol. The molecular formula is C23H16N4O3S2. The zero-order chi connectivity index (χ0) is 22.1. The van der Waals surface area contributed by atoms with Gasteiger partial charge < -0.3 is 5.32 Å². The molecule has 0 atom stereocenters. The Kier molecular flexibility index (Phi) is 5.04. The average Bonchev–Trinajstić information content (AvgIpc) is 3.57. The maximum absolute atomic E-state index is 13.6. The molecule has 2 N–H and O–H groups in total. The van der Waals surface area contributed by atoms with E-state index in [2.05, 4.69) is 15.7 Å². The molecule has 158 valence electrons. The second kappa shape index (κ2) is 8.03. The van der Waals surface area contributed by atoms with Crippen LogP contribution in [0.2, 0.25) is 0 Å². The lowest BCUT2D eigenvalue weighted by Gasteiger charge is -2.27. The van der Waals surface area contributed by atoms with Crippen LogP contribution in [-0.2, 0) is 10.3 Å². The van der Waals surface area contributed by atoms with Gasteiger partial charge in [-0.1, -0.05) is 66.7 Å². The van der Waals surface area contributed by atoms with Crippen LogP contribution in [0.4, 0.5) is 4.79 Å². The molecule has 0 aliphatic carbocycles. The molecular weight excluding hydrogens is 444 g/mol. The summed E-state index contributed by atoms with van der Waals surface area (Å²) in [7, 11) is 0.